The van der Waals surface area contributed by atoms with Crippen LogP contribution < -0.4 is 0 Å². The number of hydrogen-bond acceptors (Lipinski definition) is 1. The van der Waals surface area contributed by atoms with Crippen molar-refractivity contribution in [3.05, 3.63) is 120 Å². The van der Waals surface area contributed by atoms with Crippen LogP contribution >= 0.6 is 8.81 Å². The molecule has 0 fully saturated rings. The molecule has 0 aliphatic rings. The normalized spacial score (nSPS) is 11.7. The van der Waals surface area contributed by atoms with E-state index in [0.29, 0.717) is 6.61 Å². The van der Waals surface area contributed by atoms with Crippen molar-refractivity contribution >= 4 is 8.81 Å². The highest BCUT2D eigenvalue weighted by molar-refractivity contribution is 7.34. The minimum atomic E-state index is -0.313. The lowest BCUT2D eigenvalue weighted by Crippen LogP contribution is -2.24. The SMILES string of the molecule is C=CCOPC(c1ccccc1)(c1ccccc1)c1ccccc1. The fourth-order valence-electron chi connectivity index (χ4n) is 2.95. The summed E-state index contributed by atoms with van der Waals surface area (Å²) in [6.45, 7) is 4.33. The summed E-state index contributed by atoms with van der Waals surface area (Å²) >= 11 is 0. The molecule has 0 bridgehead atoms. The van der Waals surface area contributed by atoms with Crippen LogP contribution in [0.4, 0.5) is 0 Å². The molecule has 0 aromatic heterocycles. The van der Waals surface area contributed by atoms with E-state index < -0.39 is 0 Å². The third-order valence-electron chi connectivity index (χ3n) is 4.05. The molecule has 0 amide bonds. The van der Waals surface area contributed by atoms with Gasteiger partial charge in [-0.25, -0.2) is 0 Å². The molecule has 1 unspecified atom stereocenters. The Balaban J connectivity index is 2.22. The third kappa shape index (κ3) is 3.33. The Morgan fingerprint density at radius 3 is 1.42 bits per heavy atom. The van der Waals surface area contributed by atoms with Gasteiger partial charge in [0.25, 0.3) is 0 Å². The topological polar surface area (TPSA) is 9.23 Å². The van der Waals surface area contributed by atoms with Gasteiger partial charge in [-0.3, -0.25) is 0 Å². The number of hydrogen-bond donors (Lipinski definition) is 0. The van der Waals surface area contributed by atoms with Crippen molar-refractivity contribution in [3.8, 4) is 0 Å². The smallest absolute Gasteiger partial charge is 0.0867 e. The van der Waals surface area contributed by atoms with Crippen LogP contribution in [0.3, 0.4) is 0 Å². The van der Waals surface area contributed by atoms with Gasteiger partial charge >= 0.3 is 0 Å². The van der Waals surface area contributed by atoms with E-state index in [1.165, 1.54) is 16.7 Å². The molecule has 24 heavy (non-hydrogen) atoms. The third-order valence-corrected chi connectivity index (χ3v) is 5.53. The van der Waals surface area contributed by atoms with Gasteiger partial charge in [0.1, 0.15) is 0 Å². The molecule has 3 rings (SSSR count). The molecule has 1 atom stereocenters. The largest absolute Gasteiger partial charge is 0.357 e. The zero-order valence-corrected chi connectivity index (χ0v) is 14.6. The van der Waals surface area contributed by atoms with E-state index >= 15 is 0 Å². The fraction of sp³-hybridized carbons (Fsp3) is 0.0909. The second-order valence-corrected chi connectivity index (χ2v) is 6.79. The van der Waals surface area contributed by atoms with Crippen molar-refractivity contribution in [1.29, 1.82) is 0 Å². The first kappa shape index (κ1) is 16.6. The van der Waals surface area contributed by atoms with Crippen LogP contribution in [0, 0.1) is 0 Å². The van der Waals surface area contributed by atoms with Crippen LogP contribution in [0.15, 0.2) is 104 Å². The molecule has 0 saturated heterocycles. The molecule has 1 nitrogen and oxygen atoms in total. The first-order valence-corrected chi connectivity index (χ1v) is 8.95. The van der Waals surface area contributed by atoms with E-state index in [1.54, 1.807) is 6.08 Å². The van der Waals surface area contributed by atoms with Gasteiger partial charge in [0, 0.05) is 8.81 Å². The van der Waals surface area contributed by atoms with Gasteiger partial charge in [0.05, 0.1) is 11.8 Å². The van der Waals surface area contributed by atoms with Crippen molar-refractivity contribution in [2.24, 2.45) is 0 Å². The molecule has 0 heterocycles. The average molecular weight is 332 g/mol. The molecular weight excluding hydrogens is 311 g/mol. The Morgan fingerprint density at radius 1 is 0.708 bits per heavy atom. The van der Waals surface area contributed by atoms with Gasteiger partial charge in [0.15, 0.2) is 0 Å². The number of benzene rings is 3. The maximum absolute atomic E-state index is 6.02. The summed E-state index contributed by atoms with van der Waals surface area (Å²) in [6, 6.07) is 31.8. The second-order valence-electron chi connectivity index (χ2n) is 5.55. The number of rotatable bonds is 7. The lowest BCUT2D eigenvalue weighted by Gasteiger charge is -2.35. The first-order chi connectivity index (χ1) is 11.9. The van der Waals surface area contributed by atoms with Crippen molar-refractivity contribution in [2.45, 2.75) is 5.16 Å². The van der Waals surface area contributed by atoms with Crippen LogP contribution in [0.5, 0.6) is 0 Å². The summed E-state index contributed by atoms with van der Waals surface area (Å²) in [7, 11) is 0.261. The maximum Gasteiger partial charge on any atom is 0.0867 e. The van der Waals surface area contributed by atoms with Crippen molar-refractivity contribution < 1.29 is 4.52 Å². The van der Waals surface area contributed by atoms with Crippen LogP contribution in [0.1, 0.15) is 16.7 Å². The van der Waals surface area contributed by atoms with Crippen molar-refractivity contribution in [1.82, 2.24) is 0 Å². The van der Waals surface area contributed by atoms with E-state index in [-0.39, 0.29) is 14.0 Å². The van der Waals surface area contributed by atoms with E-state index in [4.69, 9.17) is 4.52 Å². The van der Waals surface area contributed by atoms with E-state index in [9.17, 15) is 0 Å². The predicted molar refractivity (Wildman–Crippen MR) is 104 cm³/mol. The molecule has 0 saturated carbocycles. The van der Waals surface area contributed by atoms with Gasteiger partial charge in [-0.05, 0) is 16.7 Å². The van der Waals surface area contributed by atoms with Gasteiger partial charge in [-0.1, -0.05) is 97.1 Å². The van der Waals surface area contributed by atoms with E-state index in [0.717, 1.165) is 0 Å². The zero-order valence-electron chi connectivity index (χ0n) is 13.6. The minimum Gasteiger partial charge on any atom is -0.357 e. The van der Waals surface area contributed by atoms with Gasteiger partial charge < -0.3 is 4.52 Å². The van der Waals surface area contributed by atoms with Gasteiger partial charge in [0.2, 0.25) is 0 Å². The molecule has 0 aliphatic heterocycles. The minimum absolute atomic E-state index is 0.261. The van der Waals surface area contributed by atoms with Crippen LogP contribution in [0.25, 0.3) is 0 Å². The Labute approximate surface area is 145 Å². The van der Waals surface area contributed by atoms with E-state index in [2.05, 4.69) is 97.6 Å². The summed E-state index contributed by atoms with van der Waals surface area (Å²) in [5, 5.41) is -0.313. The molecule has 0 spiro atoms. The molecule has 120 valence electrons. The van der Waals surface area contributed by atoms with Gasteiger partial charge in [-0.2, -0.15) is 0 Å². The van der Waals surface area contributed by atoms with Crippen LogP contribution in [-0.4, -0.2) is 6.61 Å². The average Bonchev–Trinajstić information content (AvgIpc) is 2.68. The van der Waals surface area contributed by atoms with Gasteiger partial charge in [-0.15, -0.1) is 6.58 Å². The lowest BCUT2D eigenvalue weighted by atomic mass is 9.84. The second kappa shape index (κ2) is 8.06. The maximum atomic E-state index is 6.02. The highest BCUT2D eigenvalue weighted by Crippen LogP contribution is 2.52. The summed E-state index contributed by atoms with van der Waals surface area (Å²) in [4.78, 5) is 0. The molecule has 3 aromatic rings. The predicted octanol–water partition coefficient (Wildman–Crippen LogP) is 5.77. The summed E-state index contributed by atoms with van der Waals surface area (Å²) in [5.41, 5.74) is 3.72. The Hall–Kier alpha value is -2.21. The summed E-state index contributed by atoms with van der Waals surface area (Å²) < 4.78 is 6.02. The Kier molecular flexibility index (Phi) is 5.59. The molecular formula is C22H21OP. The molecule has 0 aliphatic carbocycles. The zero-order chi connectivity index (χ0) is 16.7. The lowest BCUT2D eigenvalue weighted by molar-refractivity contribution is 0.407. The Bertz CT molecular complexity index is 657. The van der Waals surface area contributed by atoms with Crippen molar-refractivity contribution in [2.75, 3.05) is 6.61 Å². The standard InChI is InChI=1S/C22H21OP/c1-2-18-23-24-22(19-12-6-3-7-13-19,20-14-8-4-9-15-20)21-16-10-5-11-17-21/h2-17,24H,1,18H2. The molecule has 2 heteroatoms. The fourth-order valence-corrected chi connectivity index (χ4v) is 4.22. The Morgan fingerprint density at radius 2 is 1.08 bits per heavy atom. The van der Waals surface area contributed by atoms with Crippen LogP contribution in [0.2, 0.25) is 0 Å². The van der Waals surface area contributed by atoms with E-state index in [1.807, 2.05) is 0 Å². The van der Waals surface area contributed by atoms with Crippen molar-refractivity contribution in [3.63, 3.8) is 0 Å². The monoisotopic (exact) mass is 332 g/mol. The highest BCUT2D eigenvalue weighted by Gasteiger charge is 2.36. The quantitative estimate of drug-likeness (QED) is 0.231. The summed E-state index contributed by atoms with van der Waals surface area (Å²) in [6.07, 6.45) is 1.80. The van der Waals surface area contributed by atoms with Crippen LogP contribution in [-0.2, 0) is 9.68 Å². The summed E-state index contributed by atoms with van der Waals surface area (Å²) in [5.74, 6) is 0. The molecule has 3 aromatic carbocycles. The molecule has 0 N–H and O–H groups in total. The highest BCUT2D eigenvalue weighted by atomic mass is 31.1. The molecule has 0 radical (unpaired) electrons. The first-order valence-electron chi connectivity index (χ1n) is 8.04.